The van der Waals surface area contributed by atoms with Gasteiger partial charge in [0.1, 0.15) is 6.54 Å². The highest BCUT2D eigenvalue weighted by molar-refractivity contribution is 9.10. The maximum Gasteiger partial charge on any atom is 0.325 e. The van der Waals surface area contributed by atoms with Crippen LogP contribution < -0.4 is 5.32 Å². The number of esters is 1. The van der Waals surface area contributed by atoms with E-state index in [1.54, 1.807) is 0 Å². The number of benzene rings is 1. The minimum atomic E-state index is -3.70. The van der Waals surface area contributed by atoms with Crippen molar-refractivity contribution in [1.82, 2.24) is 5.32 Å². The average molecular weight is 354 g/mol. The number of hydrogen-bond donors (Lipinski definition) is 1. The first kappa shape index (κ1) is 16.5. The highest BCUT2D eigenvalue weighted by Crippen LogP contribution is 2.34. The predicted molar refractivity (Wildman–Crippen MR) is 68.4 cm³/mol. The third kappa shape index (κ3) is 3.96. The van der Waals surface area contributed by atoms with Crippen LogP contribution in [0.15, 0.2) is 22.7 Å². The van der Waals surface area contributed by atoms with Gasteiger partial charge < -0.3 is 10.1 Å². The Morgan fingerprint density at radius 1 is 1.40 bits per heavy atom. The van der Waals surface area contributed by atoms with E-state index in [1.165, 1.54) is 12.1 Å². The van der Waals surface area contributed by atoms with Crippen molar-refractivity contribution >= 4 is 27.8 Å². The number of halogens is 4. The molecule has 8 heteroatoms. The van der Waals surface area contributed by atoms with E-state index in [-0.39, 0.29) is 16.6 Å². The first-order valence-electron chi connectivity index (χ1n) is 5.40. The van der Waals surface area contributed by atoms with Crippen molar-refractivity contribution in [3.8, 4) is 0 Å². The van der Waals surface area contributed by atoms with E-state index in [0.29, 0.717) is 0 Å². The summed E-state index contributed by atoms with van der Waals surface area (Å²) >= 11 is 2.88. The number of alkyl halides is 3. The van der Waals surface area contributed by atoms with Gasteiger partial charge in [-0.1, -0.05) is 15.9 Å². The van der Waals surface area contributed by atoms with Crippen molar-refractivity contribution in [2.75, 3.05) is 20.3 Å². The maximum absolute atomic E-state index is 13.3. The summed E-state index contributed by atoms with van der Waals surface area (Å²) in [6.07, 6.45) is 0. The molecule has 0 fully saturated rings. The van der Waals surface area contributed by atoms with Gasteiger partial charge in [-0.15, -0.1) is 0 Å². The molecule has 0 unspecified atom stereocenters. The highest BCUT2D eigenvalue weighted by atomic mass is 79.9. The van der Waals surface area contributed by atoms with Crippen molar-refractivity contribution in [3.63, 3.8) is 0 Å². The Hall–Kier alpha value is -1.57. The Morgan fingerprint density at radius 2 is 2.05 bits per heavy atom. The van der Waals surface area contributed by atoms with Crippen molar-refractivity contribution < 1.29 is 27.5 Å². The van der Waals surface area contributed by atoms with E-state index in [2.05, 4.69) is 26.0 Å². The second-order valence-electron chi connectivity index (χ2n) is 3.79. The monoisotopic (exact) mass is 353 g/mol. The highest BCUT2D eigenvalue weighted by Gasteiger charge is 2.34. The van der Waals surface area contributed by atoms with E-state index in [0.717, 1.165) is 13.2 Å². The topological polar surface area (TPSA) is 55.4 Å². The maximum atomic E-state index is 13.3. The minimum Gasteiger partial charge on any atom is -0.468 e. The Labute approximate surface area is 121 Å². The fraction of sp³-hybridized carbons (Fsp3) is 0.333. The first-order chi connectivity index (χ1) is 9.31. The molecular formula is C12H11BrF3NO3. The molecule has 1 aromatic rings. The van der Waals surface area contributed by atoms with Gasteiger partial charge in [0.15, 0.2) is 6.67 Å². The lowest BCUT2D eigenvalue weighted by molar-refractivity contribution is -0.139. The average Bonchev–Trinajstić information content (AvgIpc) is 2.44. The Morgan fingerprint density at radius 3 is 2.60 bits per heavy atom. The molecule has 0 saturated carbocycles. The summed E-state index contributed by atoms with van der Waals surface area (Å²) in [5, 5.41) is 2.20. The molecule has 0 aliphatic carbocycles. The smallest absolute Gasteiger partial charge is 0.325 e. The molecule has 4 nitrogen and oxygen atoms in total. The zero-order valence-electron chi connectivity index (χ0n) is 10.4. The van der Waals surface area contributed by atoms with Gasteiger partial charge in [0, 0.05) is 15.6 Å². The lowest BCUT2D eigenvalue weighted by atomic mass is 10.1. The van der Waals surface area contributed by atoms with Crippen LogP contribution >= 0.6 is 15.9 Å². The van der Waals surface area contributed by atoms with Crippen molar-refractivity contribution in [3.05, 3.63) is 33.8 Å². The normalized spacial score (nSPS) is 11.1. The van der Waals surface area contributed by atoms with Crippen LogP contribution in [0.25, 0.3) is 0 Å². The van der Waals surface area contributed by atoms with Crippen molar-refractivity contribution in [2.24, 2.45) is 0 Å². The molecular weight excluding hydrogens is 343 g/mol. The number of carbonyl (C=O) groups excluding carboxylic acids is 2. The van der Waals surface area contributed by atoms with Crippen LogP contribution in [-0.2, 0) is 15.5 Å². The predicted octanol–water partition coefficient (Wildman–Crippen LogP) is 2.41. The largest absolute Gasteiger partial charge is 0.468 e. The van der Waals surface area contributed by atoms with Gasteiger partial charge in [-0.2, -0.15) is 8.78 Å². The summed E-state index contributed by atoms with van der Waals surface area (Å²) in [6.45, 7) is -2.26. The molecule has 0 atom stereocenters. The van der Waals surface area contributed by atoms with E-state index in [9.17, 15) is 22.8 Å². The number of carbonyl (C=O) groups is 2. The lowest BCUT2D eigenvalue weighted by Gasteiger charge is -2.15. The quantitative estimate of drug-likeness (QED) is 0.827. The van der Waals surface area contributed by atoms with Gasteiger partial charge in [0.25, 0.3) is 5.91 Å². The Balaban J connectivity index is 2.95. The molecule has 0 aromatic heterocycles. The molecule has 0 aliphatic heterocycles. The molecule has 0 spiro atoms. The summed E-state index contributed by atoms with van der Waals surface area (Å²) in [5.74, 6) is -5.11. The van der Waals surface area contributed by atoms with Crippen LogP contribution in [0.1, 0.15) is 15.9 Å². The van der Waals surface area contributed by atoms with E-state index in [4.69, 9.17) is 0 Å². The molecule has 0 heterocycles. The number of amides is 1. The molecule has 110 valence electrons. The molecule has 0 radical (unpaired) electrons. The number of rotatable bonds is 5. The standard InChI is InChI=1S/C12H11BrF3NO3/c1-20-10(18)5-17-11(19)7-2-3-9(13)8(4-7)12(15,16)6-14/h2-4H,5-6H2,1H3,(H,17,19). The summed E-state index contributed by atoms with van der Waals surface area (Å²) in [7, 11) is 1.15. The van der Waals surface area contributed by atoms with E-state index >= 15 is 0 Å². The SMILES string of the molecule is COC(=O)CNC(=O)c1ccc(Br)c(C(F)(F)CF)c1. The van der Waals surface area contributed by atoms with Gasteiger partial charge >= 0.3 is 11.9 Å². The van der Waals surface area contributed by atoms with Gasteiger partial charge in [-0.3, -0.25) is 9.59 Å². The fourth-order valence-electron chi connectivity index (χ4n) is 1.35. The number of hydrogen-bond acceptors (Lipinski definition) is 3. The molecule has 1 rings (SSSR count). The Kier molecular flexibility index (Phi) is 5.55. The molecule has 1 aromatic carbocycles. The number of methoxy groups -OCH3 is 1. The van der Waals surface area contributed by atoms with Crippen LogP contribution in [-0.4, -0.2) is 32.2 Å². The summed E-state index contributed by atoms with van der Waals surface area (Å²) in [6, 6.07) is 3.36. The molecule has 0 aliphatic rings. The van der Waals surface area contributed by atoms with E-state index in [1.807, 2.05) is 0 Å². The number of ether oxygens (including phenoxy) is 1. The summed E-state index contributed by atoms with van der Waals surface area (Å²) < 4.78 is 43.3. The van der Waals surface area contributed by atoms with Gasteiger partial charge in [-0.25, -0.2) is 4.39 Å². The van der Waals surface area contributed by atoms with Crippen LogP contribution in [0.4, 0.5) is 13.2 Å². The van der Waals surface area contributed by atoms with Crippen LogP contribution in [0, 0.1) is 0 Å². The number of nitrogens with one attached hydrogen (secondary N) is 1. The van der Waals surface area contributed by atoms with Gasteiger partial charge in [0.2, 0.25) is 0 Å². The zero-order chi connectivity index (χ0) is 15.3. The molecule has 0 bridgehead atoms. The van der Waals surface area contributed by atoms with Crippen LogP contribution in [0.3, 0.4) is 0 Å². The molecule has 20 heavy (non-hydrogen) atoms. The summed E-state index contributed by atoms with van der Waals surface area (Å²) in [4.78, 5) is 22.5. The second kappa shape index (κ2) is 6.74. The minimum absolute atomic E-state index is 0.00957. The zero-order valence-corrected chi connectivity index (χ0v) is 12.0. The second-order valence-corrected chi connectivity index (χ2v) is 4.65. The molecule has 0 saturated heterocycles. The molecule has 1 N–H and O–H groups in total. The fourth-order valence-corrected chi connectivity index (χ4v) is 1.88. The van der Waals surface area contributed by atoms with Gasteiger partial charge in [0.05, 0.1) is 7.11 Å². The van der Waals surface area contributed by atoms with Crippen LogP contribution in [0.5, 0.6) is 0 Å². The van der Waals surface area contributed by atoms with Gasteiger partial charge in [-0.05, 0) is 18.2 Å². The van der Waals surface area contributed by atoms with Crippen LogP contribution in [0.2, 0.25) is 0 Å². The third-order valence-electron chi connectivity index (χ3n) is 2.41. The summed E-state index contributed by atoms with van der Waals surface area (Å²) in [5.41, 5.74) is -0.744. The van der Waals surface area contributed by atoms with E-state index < -0.39 is 30.0 Å². The first-order valence-corrected chi connectivity index (χ1v) is 6.20. The third-order valence-corrected chi connectivity index (χ3v) is 3.10. The Bertz CT molecular complexity index is 523. The van der Waals surface area contributed by atoms with Crippen molar-refractivity contribution in [2.45, 2.75) is 5.92 Å². The molecule has 1 amide bonds. The lowest BCUT2D eigenvalue weighted by Crippen LogP contribution is -2.30. The van der Waals surface area contributed by atoms with Crippen molar-refractivity contribution in [1.29, 1.82) is 0 Å².